The van der Waals surface area contributed by atoms with Crippen LogP contribution in [0, 0.1) is 0 Å². The van der Waals surface area contributed by atoms with Gasteiger partial charge >= 0.3 is 0 Å². The number of hydrogen-bond acceptors (Lipinski definition) is 4. The summed E-state index contributed by atoms with van der Waals surface area (Å²) in [6, 6.07) is 13.4. The van der Waals surface area contributed by atoms with E-state index in [1.165, 1.54) is 9.75 Å². The molecule has 0 spiro atoms. The normalized spacial score (nSPS) is 11.0. The van der Waals surface area contributed by atoms with Gasteiger partial charge in [0.1, 0.15) is 0 Å². The summed E-state index contributed by atoms with van der Waals surface area (Å²) < 4.78 is 0. The lowest BCUT2D eigenvalue weighted by Crippen LogP contribution is -2.32. The molecule has 1 N–H and O–H groups in total. The molecular weight excluding hydrogens is 395 g/mol. The van der Waals surface area contributed by atoms with Crippen molar-refractivity contribution in [3.8, 4) is 0 Å². The number of halogens is 2. The molecule has 0 saturated carbocycles. The molecule has 130 valence electrons. The van der Waals surface area contributed by atoms with Crippen molar-refractivity contribution in [3.05, 3.63) is 73.0 Å². The van der Waals surface area contributed by atoms with Crippen molar-refractivity contribution in [2.75, 3.05) is 11.9 Å². The van der Waals surface area contributed by atoms with Crippen LogP contribution in [-0.4, -0.2) is 17.4 Å². The van der Waals surface area contributed by atoms with Crippen molar-refractivity contribution < 1.29 is 4.79 Å². The first-order valence-corrected chi connectivity index (χ1v) is 10.1. The Balaban J connectivity index is 1.69. The van der Waals surface area contributed by atoms with E-state index in [-0.39, 0.29) is 12.5 Å². The van der Waals surface area contributed by atoms with Gasteiger partial charge < -0.3 is 5.32 Å². The summed E-state index contributed by atoms with van der Waals surface area (Å²) in [6.07, 6.45) is 0. The van der Waals surface area contributed by atoms with Crippen LogP contribution in [0.15, 0.2) is 53.2 Å². The van der Waals surface area contributed by atoms with Crippen LogP contribution in [-0.2, 0) is 17.9 Å². The summed E-state index contributed by atoms with van der Waals surface area (Å²) in [6.45, 7) is 1.70. The Morgan fingerprint density at radius 3 is 1.96 bits per heavy atom. The third-order valence-corrected chi connectivity index (χ3v) is 5.87. The van der Waals surface area contributed by atoms with Crippen molar-refractivity contribution >= 4 is 57.5 Å². The predicted octanol–water partition coefficient (Wildman–Crippen LogP) is 5.76. The van der Waals surface area contributed by atoms with Gasteiger partial charge in [0.05, 0.1) is 22.3 Å². The van der Waals surface area contributed by atoms with Gasteiger partial charge in [0.2, 0.25) is 5.91 Å². The molecule has 1 aromatic carbocycles. The van der Waals surface area contributed by atoms with Crippen molar-refractivity contribution in [1.82, 2.24) is 4.90 Å². The van der Waals surface area contributed by atoms with Crippen molar-refractivity contribution in [1.29, 1.82) is 0 Å². The minimum Gasteiger partial charge on any atom is -0.322 e. The third kappa shape index (κ3) is 5.30. The van der Waals surface area contributed by atoms with E-state index >= 15 is 0 Å². The van der Waals surface area contributed by atoms with Gasteiger partial charge in [-0.1, -0.05) is 41.4 Å². The number of anilines is 1. The van der Waals surface area contributed by atoms with Crippen LogP contribution in [0.3, 0.4) is 0 Å². The highest BCUT2D eigenvalue weighted by Gasteiger charge is 2.15. The second-order valence-corrected chi connectivity index (χ2v) is 8.33. The Morgan fingerprint density at radius 1 is 0.920 bits per heavy atom. The average Bonchev–Trinajstić information content (AvgIpc) is 3.25. The van der Waals surface area contributed by atoms with Gasteiger partial charge in [0.25, 0.3) is 0 Å². The molecule has 25 heavy (non-hydrogen) atoms. The highest BCUT2D eigenvalue weighted by atomic mass is 35.5. The SMILES string of the molecule is O=C(CN(Cc1cccs1)Cc1cccs1)Nc1c(Cl)cccc1Cl. The lowest BCUT2D eigenvalue weighted by atomic mass is 10.3. The molecule has 0 fully saturated rings. The Labute approximate surface area is 164 Å². The quantitative estimate of drug-likeness (QED) is 0.536. The second kappa shape index (κ2) is 8.83. The van der Waals surface area contributed by atoms with E-state index in [1.807, 2.05) is 22.9 Å². The number of benzene rings is 1. The molecule has 7 heteroatoms. The van der Waals surface area contributed by atoms with Crippen LogP contribution in [0.2, 0.25) is 10.0 Å². The van der Waals surface area contributed by atoms with Crippen LogP contribution >= 0.6 is 45.9 Å². The zero-order chi connectivity index (χ0) is 17.6. The molecule has 2 heterocycles. The molecule has 2 aromatic heterocycles. The summed E-state index contributed by atoms with van der Waals surface area (Å²) in [7, 11) is 0. The maximum atomic E-state index is 12.5. The Bertz CT molecular complexity index is 763. The highest BCUT2D eigenvalue weighted by Crippen LogP contribution is 2.29. The van der Waals surface area contributed by atoms with E-state index in [0.29, 0.717) is 15.7 Å². The lowest BCUT2D eigenvalue weighted by Gasteiger charge is -2.21. The first kappa shape index (κ1) is 18.4. The average molecular weight is 411 g/mol. The Morgan fingerprint density at radius 2 is 1.48 bits per heavy atom. The number of para-hydroxylation sites is 1. The number of carbonyl (C=O) groups is 1. The molecule has 3 aromatic rings. The van der Waals surface area contributed by atoms with Gasteiger partial charge in [-0.25, -0.2) is 0 Å². The number of nitrogens with one attached hydrogen (secondary N) is 1. The van der Waals surface area contributed by atoms with E-state index in [2.05, 4.69) is 22.3 Å². The van der Waals surface area contributed by atoms with Crippen LogP contribution in [0.1, 0.15) is 9.75 Å². The smallest absolute Gasteiger partial charge is 0.238 e. The molecular formula is C18H16Cl2N2OS2. The van der Waals surface area contributed by atoms with Gasteiger partial charge in [-0.15, -0.1) is 22.7 Å². The van der Waals surface area contributed by atoms with E-state index in [0.717, 1.165) is 13.1 Å². The fourth-order valence-electron chi connectivity index (χ4n) is 2.41. The molecule has 3 nitrogen and oxygen atoms in total. The van der Waals surface area contributed by atoms with Gasteiger partial charge in [0.15, 0.2) is 0 Å². The largest absolute Gasteiger partial charge is 0.322 e. The summed E-state index contributed by atoms with van der Waals surface area (Å²) in [4.78, 5) is 17.1. The molecule has 0 saturated heterocycles. The molecule has 0 radical (unpaired) electrons. The molecule has 0 bridgehead atoms. The fraction of sp³-hybridized carbons (Fsp3) is 0.167. The number of amides is 1. The number of hydrogen-bond donors (Lipinski definition) is 1. The molecule has 0 aliphatic carbocycles. The summed E-state index contributed by atoms with van der Waals surface area (Å²) in [5, 5.41) is 7.79. The predicted molar refractivity (Wildman–Crippen MR) is 108 cm³/mol. The van der Waals surface area contributed by atoms with Crippen molar-refractivity contribution in [3.63, 3.8) is 0 Å². The summed E-state index contributed by atoms with van der Waals surface area (Å²) in [5.41, 5.74) is 0.461. The van der Waals surface area contributed by atoms with Gasteiger partial charge in [-0.3, -0.25) is 9.69 Å². The van der Waals surface area contributed by atoms with Gasteiger partial charge in [0, 0.05) is 22.8 Å². The zero-order valence-electron chi connectivity index (χ0n) is 13.2. The minimum atomic E-state index is -0.136. The number of carbonyl (C=O) groups excluding carboxylic acids is 1. The lowest BCUT2D eigenvalue weighted by molar-refractivity contribution is -0.117. The molecule has 0 aliphatic heterocycles. The summed E-state index contributed by atoms with van der Waals surface area (Å²) in [5.74, 6) is -0.136. The molecule has 0 unspecified atom stereocenters. The van der Waals surface area contributed by atoms with Crippen LogP contribution in [0.5, 0.6) is 0 Å². The van der Waals surface area contributed by atoms with E-state index in [1.54, 1.807) is 40.9 Å². The van der Waals surface area contributed by atoms with Crippen molar-refractivity contribution in [2.45, 2.75) is 13.1 Å². The summed E-state index contributed by atoms with van der Waals surface area (Å²) >= 11 is 15.6. The van der Waals surface area contributed by atoms with Crippen LogP contribution in [0.25, 0.3) is 0 Å². The van der Waals surface area contributed by atoms with E-state index < -0.39 is 0 Å². The van der Waals surface area contributed by atoms with E-state index in [9.17, 15) is 4.79 Å². The third-order valence-electron chi connectivity index (χ3n) is 3.51. The molecule has 1 amide bonds. The highest BCUT2D eigenvalue weighted by molar-refractivity contribution is 7.10. The maximum Gasteiger partial charge on any atom is 0.238 e. The number of thiophene rings is 2. The second-order valence-electron chi connectivity index (χ2n) is 5.45. The maximum absolute atomic E-state index is 12.5. The minimum absolute atomic E-state index is 0.136. The fourth-order valence-corrected chi connectivity index (χ4v) is 4.40. The topological polar surface area (TPSA) is 32.3 Å². The van der Waals surface area contributed by atoms with Crippen LogP contribution < -0.4 is 5.32 Å². The number of nitrogens with zero attached hydrogens (tertiary/aromatic N) is 1. The molecule has 3 rings (SSSR count). The van der Waals surface area contributed by atoms with Crippen LogP contribution in [0.4, 0.5) is 5.69 Å². The Hall–Kier alpha value is -1.37. The van der Waals surface area contributed by atoms with Crippen molar-refractivity contribution in [2.24, 2.45) is 0 Å². The monoisotopic (exact) mass is 410 g/mol. The first-order valence-electron chi connectivity index (χ1n) is 7.63. The zero-order valence-corrected chi connectivity index (χ0v) is 16.4. The van der Waals surface area contributed by atoms with E-state index in [4.69, 9.17) is 23.2 Å². The molecule has 0 aliphatic rings. The Kier molecular flexibility index (Phi) is 6.51. The standard InChI is InChI=1S/C18H16Cl2N2OS2/c19-15-6-1-7-16(20)18(15)21-17(23)12-22(10-13-4-2-8-24-13)11-14-5-3-9-25-14/h1-9H,10-12H2,(H,21,23). The van der Waals surface area contributed by atoms with Gasteiger partial charge in [-0.05, 0) is 35.0 Å². The molecule has 0 atom stereocenters. The van der Waals surface area contributed by atoms with Gasteiger partial charge in [-0.2, -0.15) is 0 Å². The number of rotatable bonds is 7. The first-order chi connectivity index (χ1) is 12.1.